The second-order valence-electron chi connectivity index (χ2n) is 4.28. The van der Waals surface area contributed by atoms with E-state index in [2.05, 4.69) is 24.1 Å². The number of oxazole rings is 1. The number of hydrogen-bond donors (Lipinski definition) is 1. The summed E-state index contributed by atoms with van der Waals surface area (Å²) >= 11 is 0. The molecule has 0 aromatic carbocycles. The second kappa shape index (κ2) is 5.46. The Kier molecular flexibility index (Phi) is 3.96. The lowest BCUT2D eigenvalue weighted by Gasteiger charge is -2.08. The van der Waals surface area contributed by atoms with Crippen molar-refractivity contribution in [3.63, 3.8) is 0 Å². The zero-order chi connectivity index (χ0) is 11.4. The van der Waals surface area contributed by atoms with E-state index in [1.165, 1.54) is 6.42 Å². The molecule has 16 heavy (non-hydrogen) atoms. The fourth-order valence-electron chi connectivity index (χ4n) is 2.04. The Hall–Kier alpha value is -0.870. The Morgan fingerprint density at radius 3 is 3.19 bits per heavy atom. The number of aromatic nitrogens is 1. The summed E-state index contributed by atoms with van der Waals surface area (Å²) in [5.74, 6) is 1.71. The van der Waals surface area contributed by atoms with Crippen LogP contribution in [0.3, 0.4) is 0 Å². The molecule has 2 unspecified atom stereocenters. The van der Waals surface area contributed by atoms with Crippen LogP contribution in [-0.4, -0.2) is 24.2 Å². The highest BCUT2D eigenvalue weighted by Gasteiger charge is 2.19. The second-order valence-corrected chi connectivity index (χ2v) is 4.28. The van der Waals surface area contributed by atoms with Crippen LogP contribution in [0.25, 0.3) is 0 Å². The van der Waals surface area contributed by atoms with Crippen molar-refractivity contribution >= 4 is 0 Å². The van der Waals surface area contributed by atoms with Gasteiger partial charge in [0.15, 0.2) is 0 Å². The van der Waals surface area contributed by atoms with E-state index in [4.69, 9.17) is 9.15 Å². The molecule has 0 amide bonds. The van der Waals surface area contributed by atoms with E-state index in [1.807, 2.05) is 6.20 Å². The summed E-state index contributed by atoms with van der Waals surface area (Å²) in [6.07, 6.45) is 5.31. The van der Waals surface area contributed by atoms with Crippen molar-refractivity contribution in [3.05, 3.63) is 17.8 Å². The Bertz CT molecular complexity index is 319. The Morgan fingerprint density at radius 1 is 1.62 bits per heavy atom. The van der Waals surface area contributed by atoms with Gasteiger partial charge in [0.25, 0.3) is 0 Å². The van der Waals surface area contributed by atoms with E-state index in [1.54, 1.807) is 0 Å². The fraction of sp³-hybridized carbons (Fsp3) is 0.750. The summed E-state index contributed by atoms with van der Waals surface area (Å²) in [6.45, 7) is 5.95. The SMILES string of the molecule is CCNC(C)c1ncc(CC2CCCO2)o1. The van der Waals surface area contributed by atoms with Crippen molar-refractivity contribution in [1.82, 2.24) is 10.3 Å². The molecule has 4 nitrogen and oxygen atoms in total. The van der Waals surface area contributed by atoms with E-state index in [0.29, 0.717) is 6.10 Å². The van der Waals surface area contributed by atoms with Gasteiger partial charge in [-0.15, -0.1) is 0 Å². The average molecular weight is 224 g/mol. The molecule has 1 saturated heterocycles. The quantitative estimate of drug-likeness (QED) is 0.831. The van der Waals surface area contributed by atoms with Gasteiger partial charge in [0.2, 0.25) is 5.89 Å². The topological polar surface area (TPSA) is 47.3 Å². The van der Waals surface area contributed by atoms with Gasteiger partial charge in [0.05, 0.1) is 18.3 Å². The third kappa shape index (κ3) is 2.83. The van der Waals surface area contributed by atoms with Gasteiger partial charge in [-0.25, -0.2) is 4.98 Å². The molecule has 1 aliphatic heterocycles. The van der Waals surface area contributed by atoms with Gasteiger partial charge < -0.3 is 14.5 Å². The van der Waals surface area contributed by atoms with Gasteiger partial charge in [0.1, 0.15) is 5.76 Å². The Balaban J connectivity index is 1.90. The van der Waals surface area contributed by atoms with Crippen LogP contribution in [0, 0.1) is 0 Å². The van der Waals surface area contributed by atoms with E-state index < -0.39 is 0 Å². The molecule has 90 valence electrons. The van der Waals surface area contributed by atoms with E-state index in [-0.39, 0.29) is 6.04 Å². The zero-order valence-electron chi connectivity index (χ0n) is 10.0. The predicted molar refractivity (Wildman–Crippen MR) is 61.3 cm³/mol. The lowest BCUT2D eigenvalue weighted by Crippen LogP contribution is -2.17. The van der Waals surface area contributed by atoms with E-state index >= 15 is 0 Å². The average Bonchev–Trinajstić information content (AvgIpc) is 2.90. The first-order chi connectivity index (χ1) is 7.79. The molecule has 1 fully saturated rings. The molecule has 0 radical (unpaired) electrons. The lowest BCUT2D eigenvalue weighted by atomic mass is 10.1. The molecule has 0 saturated carbocycles. The van der Waals surface area contributed by atoms with Gasteiger partial charge in [-0.05, 0) is 26.3 Å². The third-order valence-electron chi connectivity index (χ3n) is 2.91. The maximum Gasteiger partial charge on any atom is 0.211 e. The predicted octanol–water partition coefficient (Wildman–Crippen LogP) is 2.07. The van der Waals surface area contributed by atoms with Crippen molar-refractivity contribution < 1.29 is 9.15 Å². The summed E-state index contributed by atoms with van der Waals surface area (Å²) in [5.41, 5.74) is 0. The lowest BCUT2D eigenvalue weighted by molar-refractivity contribution is 0.106. The van der Waals surface area contributed by atoms with E-state index in [9.17, 15) is 0 Å². The summed E-state index contributed by atoms with van der Waals surface area (Å²) in [5, 5.41) is 3.28. The molecule has 2 rings (SSSR count). The minimum atomic E-state index is 0.184. The first kappa shape index (κ1) is 11.6. The molecule has 2 atom stereocenters. The summed E-state index contributed by atoms with van der Waals surface area (Å²) in [4.78, 5) is 4.29. The monoisotopic (exact) mass is 224 g/mol. The minimum absolute atomic E-state index is 0.184. The maximum atomic E-state index is 5.71. The molecule has 0 bridgehead atoms. The largest absolute Gasteiger partial charge is 0.444 e. The molecule has 0 spiro atoms. The van der Waals surface area contributed by atoms with Gasteiger partial charge in [-0.1, -0.05) is 6.92 Å². The van der Waals surface area contributed by atoms with Crippen LogP contribution in [0.2, 0.25) is 0 Å². The smallest absolute Gasteiger partial charge is 0.211 e. The zero-order valence-corrected chi connectivity index (χ0v) is 10.0. The highest BCUT2D eigenvalue weighted by Crippen LogP contribution is 2.19. The van der Waals surface area contributed by atoms with Crippen molar-refractivity contribution in [3.8, 4) is 0 Å². The van der Waals surface area contributed by atoms with Gasteiger partial charge >= 0.3 is 0 Å². The summed E-state index contributed by atoms with van der Waals surface area (Å²) in [7, 11) is 0. The van der Waals surface area contributed by atoms with Crippen LogP contribution in [-0.2, 0) is 11.2 Å². The molecule has 0 aliphatic carbocycles. The number of nitrogens with zero attached hydrogens (tertiary/aromatic N) is 1. The first-order valence-electron chi connectivity index (χ1n) is 6.09. The number of hydrogen-bond acceptors (Lipinski definition) is 4. The molecule has 1 aromatic heterocycles. The molecule has 1 aromatic rings. The fourth-order valence-corrected chi connectivity index (χ4v) is 2.04. The maximum absolute atomic E-state index is 5.71. The summed E-state index contributed by atoms with van der Waals surface area (Å²) in [6, 6.07) is 0.184. The Labute approximate surface area is 96.4 Å². The highest BCUT2D eigenvalue weighted by molar-refractivity contribution is 4.99. The van der Waals surface area contributed by atoms with Crippen LogP contribution < -0.4 is 5.32 Å². The standard InChI is InChI=1S/C12H20N2O2/c1-3-13-9(2)12-14-8-11(16-12)7-10-5-4-6-15-10/h8-10,13H,3-7H2,1-2H3. The van der Waals surface area contributed by atoms with Gasteiger partial charge in [-0.2, -0.15) is 0 Å². The number of rotatable bonds is 5. The normalized spacial score (nSPS) is 22.5. The highest BCUT2D eigenvalue weighted by atomic mass is 16.5. The Morgan fingerprint density at radius 2 is 2.50 bits per heavy atom. The molecule has 1 aliphatic rings. The molecular formula is C12H20N2O2. The molecule has 2 heterocycles. The van der Waals surface area contributed by atoms with Crippen molar-refractivity contribution in [1.29, 1.82) is 0 Å². The van der Waals surface area contributed by atoms with Crippen LogP contribution in [0.1, 0.15) is 44.4 Å². The third-order valence-corrected chi connectivity index (χ3v) is 2.91. The summed E-state index contributed by atoms with van der Waals surface area (Å²) < 4.78 is 11.3. The van der Waals surface area contributed by atoms with Crippen molar-refractivity contribution in [2.45, 2.75) is 45.3 Å². The number of nitrogens with one attached hydrogen (secondary N) is 1. The number of ether oxygens (including phenoxy) is 1. The van der Waals surface area contributed by atoms with Crippen LogP contribution in [0.5, 0.6) is 0 Å². The molecule has 4 heteroatoms. The van der Waals surface area contributed by atoms with Crippen LogP contribution in [0.15, 0.2) is 10.6 Å². The minimum Gasteiger partial charge on any atom is -0.444 e. The first-order valence-corrected chi connectivity index (χ1v) is 6.09. The van der Waals surface area contributed by atoms with Crippen molar-refractivity contribution in [2.75, 3.05) is 13.2 Å². The van der Waals surface area contributed by atoms with Crippen LogP contribution in [0.4, 0.5) is 0 Å². The van der Waals surface area contributed by atoms with Crippen molar-refractivity contribution in [2.24, 2.45) is 0 Å². The van der Waals surface area contributed by atoms with Crippen LogP contribution >= 0.6 is 0 Å². The molecule has 1 N–H and O–H groups in total. The van der Waals surface area contributed by atoms with E-state index in [0.717, 1.165) is 37.6 Å². The van der Waals surface area contributed by atoms with Gasteiger partial charge in [-0.3, -0.25) is 0 Å². The van der Waals surface area contributed by atoms with Gasteiger partial charge in [0, 0.05) is 13.0 Å². The molecular weight excluding hydrogens is 204 g/mol.